The molecule has 0 aromatic heterocycles. The molecule has 4 heteroatoms. The molecule has 3 rings (SSSR count). The standard InChI is InChI=1S/C11H11O3.C5H5.Fe/c1-14-11(13)9-6-8(9)10(12)7-4-2-3-5-7;1-2-4-5-3-1;/h2-5,8-9H,6H2,1H3;1-5H;/t8-,9-;;/m0../s1. The van der Waals surface area contributed by atoms with Gasteiger partial charge in [-0.2, -0.15) is 0 Å². The topological polar surface area (TPSA) is 43.4 Å². The Hall–Kier alpha value is -0.341. The number of esters is 1. The predicted molar refractivity (Wildman–Crippen MR) is 70.6 cm³/mol. The van der Waals surface area contributed by atoms with E-state index >= 15 is 0 Å². The van der Waals surface area contributed by atoms with Gasteiger partial charge in [0.2, 0.25) is 0 Å². The molecule has 3 fully saturated rings. The van der Waals surface area contributed by atoms with E-state index in [2.05, 4.69) is 4.74 Å². The molecule has 0 N–H and O–H groups in total. The second kappa shape index (κ2) is 8.84. The number of rotatable bonds is 3. The van der Waals surface area contributed by atoms with E-state index in [-0.39, 0.29) is 40.7 Å². The minimum atomic E-state index is -0.269. The van der Waals surface area contributed by atoms with Gasteiger partial charge in [0.1, 0.15) is 5.78 Å². The van der Waals surface area contributed by atoms with Crippen LogP contribution in [0.25, 0.3) is 0 Å². The van der Waals surface area contributed by atoms with Gasteiger partial charge in [-0.05, 0) is 64.2 Å². The molecular formula is C16H16FeO3. The number of ether oxygens (including phenoxy) is 1. The van der Waals surface area contributed by atoms with E-state index in [0.717, 1.165) is 0 Å². The first kappa shape index (κ1) is 17.7. The minimum absolute atomic E-state index is 0. The third-order valence-corrected chi connectivity index (χ3v) is 3.13. The summed E-state index contributed by atoms with van der Waals surface area (Å²) in [4.78, 5) is 22.8. The molecule has 0 aromatic rings. The molecule has 20 heavy (non-hydrogen) atoms. The molecule has 3 saturated carbocycles. The fraction of sp³-hybridized carbons (Fsp3) is 0.250. The van der Waals surface area contributed by atoms with Crippen LogP contribution in [0.5, 0.6) is 0 Å². The van der Waals surface area contributed by atoms with E-state index in [4.69, 9.17) is 0 Å². The van der Waals surface area contributed by atoms with Crippen LogP contribution in [0.4, 0.5) is 0 Å². The molecule has 0 aromatic carbocycles. The van der Waals surface area contributed by atoms with E-state index in [1.807, 2.05) is 44.9 Å². The summed E-state index contributed by atoms with van der Waals surface area (Å²) in [6.07, 6.45) is 17.8. The average Bonchev–Trinajstić information content (AvgIpc) is 2.93. The zero-order valence-electron chi connectivity index (χ0n) is 11.1. The third kappa shape index (κ3) is 4.89. The van der Waals surface area contributed by atoms with Crippen molar-refractivity contribution in [3.8, 4) is 0 Å². The number of carbonyl (C=O) groups is 2. The van der Waals surface area contributed by atoms with Crippen LogP contribution in [-0.2, 0) is 31.4 Å². The number of carbonyl (C=O) groups excluding carboxylic acids is 2. The van der Waals surface area contributed by atoms with E-state index in [9.17, 15) is 9.59 Å². The van der Waals surface area contributed by atoms with Gasteiger partial charge in [-0.25, -0.2) is 0 Å². The number of methoxy groups -OCH3 is 1. The molecule has 10 radical (unpaired) electrons. The molecule has 0 amide bonds. The maximum Gasteiger partial charge on any atom is 0.309 e. The van der Waals surface area contributed by atoms with Crippen LogP contribution in [0.15, 0.2) is 0 Å². The zero-order chi connectivity index (χ0) is 13.7. The summed E-state index contributed by atoms with van der Waals surface area (Å²) in [7, 11) is 1.35. The van der Waals surface area contributed by atoms with Gasteiger partial charge in [0.25, 0.3) is 0 Å². The predicted octanol–water partition coefficient (Wildman–Crippen LogP) is 1.79. The number of hydrogen-bond acceptors (Lipinski definition) is 3. The molecule has 3 nitrogen and oxygen atoms in total. The smallest absolute Gasteiger partial charge is 0.309 e. The average molecular weight is 312 g/mol. The summed E-state index contributed by atoms with van der Waals surface area (Å²) in [5.74, 6) is 0.133. The van der Waals surface area contributed by atoms with Crippen LogP contribution in [0.3, 0.4) is 0 Å². The van der Waals surface area contributed by atoms with E-state index in [0.29, 0.717) is 12.3 Å². The van der Waals surface area contributed by atoms with Crippen molar-refractivity contribution in [1.82, 2.24) is 0 Å². The van der Waals surface area contributed by atoms with Gasteiger partial charge in [-0.15, -0.1) is 0 Å². The van der Waals surface area contributed by atoms with E-state index in [1.54, 1.807) is 12.8 Å². The van der Waals surface area contributed by atoms with Crippen molar-refractivity contribution in [3.63, 3.8) is 0 Å². The Balaban J connectivity index is 0.000000283. The van der Waals surface area contributed by atoms with Crippen molar-refractivity contribution in [3.05, 3.63) is 63.7 Å². The largest absolute Gasteiger partial charge is 0.469 e. The van der Waals surface area contributed by atoms with Crippen molar-refractivity contribution in [2.24, 2.45) is 11.8 Å². The van der Waals surface area contributed by atoms with Crippen LogP contribution in [0.1, 0.15) is 6.42 Å². The van der Waals surface area contributed by atoms with Crippen LogP contribution < -0.4 is 0 Å². The monoisotopic (exact) mass is 312 g/mol. The van der Waals surface area contributed by atoms with Gasteiger partial charge in [-0.3, -0.25) is 9.59 Å². The Morgan fingerprint density at radius 2 is 1.45 bits per heavy atom. The van der Waals surface area contributed by atoms with E-state index in [1.165, 1.54) is 7.11 Å². The molecule has 0 bridgehead atoms. The molecule has 0 aliphatic heterocycles. The van der Waals surface area contributed by atoms with Gasteiger partial charge in [0, 0.05) is 28.9 Å². The van der Waals surface area contributed by atoms with Crippen molar-refractivity contribution in [2.45, 2.75) is 6.42 Å². The summed E-state index contributed by atoms with van der Waals surface area (Å²) in [6, 6.07) is 0. The molecule has 0 saturated heterocycles. The number of ketones is 1. The quantitative estimate of drug-likeness (QED) is 0.589. The van der Waals surface area contributed by atoms with Crippen LogP contribution >= 0.6 is 0 Å². The molecule has 106 valence electrons. The van der Waals surface area contributed by atoms with Crippen LogP contribution in [0.2, 0.25) is 0 Å². The summed E-state index contributed by atoms with van der Waals surface area (Å²) < 4.78 is 4.58. The second-order valence-electron chi connectivity index (χ2n) is 4.47. The fourth-order valence-electron chi connectivity index (χ4n) is 1.97. The van der Waals surface area contributed by atoms with Gasteiger partial charge in [0.15, 0.2) is 0 Å². The SMILES string of the molecule is COC(=O)[C@H]1C[C@@H]1C(=O)[C]1[CH][CH][CH][CH]1.[CH]1[CH][CH][CH][CH]1.[Fe]. The molecule has 0 spiro atoms. The van der Waals surface area contributed by atoms with Crippen molar-refractivity contribution < 1.29 is 31.4 Å². The van der Waals surface area contributed by atoms with E-state index < -0.39 is 0 Å². The summed E-state index contributed by atoms with van der Waals surface area (Å²) >= 11 is 0. The second-order valence-corrected chi connectivity index (χ2v) is 4.47. The number of Topliss-reactive ketones (excluding diaryl/α,β-unsaturated/α-hetero) is 1. The first-order valence-electron chi connectivity index (χ1n) is 6.24. The molecule has 3 aliphatic carbocycles. The Labute approximate surface area is 132 Å². The Morgan fingerprint density at radius 3 is 1.90 bits per heavy atom. The number of hydrogen-bond donors (Lipinski definition) is 0. The maximum atomic E-state index is 11.7. The summed E-state index contributed by atoms with van der Waals surface area (Å²) in [5, 5.41) is 0. The van der Waals surface area contributed by atoms with Gasteiger partial charge < -0.3 is 4.74 Å². The van der Waals surface area contributed by atoms with Crippen molar-refractivity contribution in [2.75, 3.05) is 7.11 Å². The third-order valence-electron chi connectivity index (χ3n) is 3.13. The van der Waals surface area contributed by atoms with Gasteiger partial charge in [-0.1, -0.05) is 0 Å². The Bertz CT molecular complexity index is 312. The normalized spacial score (nSPS) is 28.1. The Kier molecular flexibility index (Phi) is 7.83. The zero-order valence-corrected chi connectivity index (χ0v) is 12.2. The fourth-order valence-corrected chi connectivity index (χ4v) is 1.97. The van der Waals surface area contributed by atoms with Crippen molar-refractivity contribution in [1.29, 1.82) is 0 Å². The summed E-state index contributed by atoms with van der Waals surface area (Å²) in [6.45, 7) is 0. The molecular weight excluding hydrogens is 296 g/mol. The van der Waals surface area contributed by atoms with Gasteiger partial charge in [0.05, 0.1) is 13.0 Å². The first-order valence-corrected chi connectivity index (χ1v) is 6.24. The van der Waals surface area contributed by atoms with Crippen LogP contribution in [-0.4, -0.2) is 18.9 Å². The first-order chi connectivity index (χ1) is 9.24. The van der Waals surface area contributed by atoms with Crippen molar-refractivity contribution >= 4 is 11.8 Å². The van der Waals surface area contributed by atoms with Crippen LogP contribution in [0, 0.1) is 75.5 Å². The molecule has 0 unspecified atom stereocenters. The van der Waals surface area contributed by atoms with Gasteiger partial charge >= 0.3 is 5.97 Å². The molecule has 0 heterocycles. The minimum Gasteiger partial charge on any atom is -0.469 e. The Morgan fingerprint density at radius 1 is 0.950 bits per heavy atom. The molecule has 2 atom stereocenters. The molecule has 3 aliphatic rings. The maximum absolute atomic E-state index is 11.7. The summed E-state index contributed by atoms with van der Waals surface area (Å²) in [5.41, 5.74) is 0.